The van der Waals surface area contributed by atoms with Gasteiger partial charge < -0.3 is 10.6 Å². The Labute approximate surface area is 100 Å². The van der Waals surface area contributed by atoms with Crippen LogP contribution in [0.2, 0.25) is 0 Å². The zero-order chi connectivity index (χ0) is 12.2. The first kappa shape index (κ1) is 15.4. The van der Waals surface area contributed by atoms with Gasteiger partial charge in [-0.1, -0.05) is 32.6 Å². The molecule has 96 valence electrons. The number of nitrogens with zero attached hydrogens (tertiary/aromatic N) is 1. The lowest BCUT2D eigenvalue weighted by molar-refractivity contribution is -0.131. The van der Waals surface area contributed by atoms with Crippen LogP contribution >= 0.6 is 0 Å². The van der Waals surface area contributed by atoms with Crippen LogP contribution in [-0.4, -0.2) is 30.4 Å². The molecule has 16 heavy (non-hydrogen) atoms. The maximum atomic E-state index is 11.8. The van der Waals surface area contributed by atoms with Gasteiger partial charge in [-0.05, 0) is 26.3 Å². The lowest BCUT2D eigenvalue weighted by atomic mass is 10.1. The average molecular weight is 228 g/mol. The summed E-state index contributed by atoms with van der Waals surface area (Å²) < 4.78 is 0. The average Bonchev–Trinajstić information content (AvgIpc) is 2.30. The van der Waals surface area contributed by atoms with Gasteiger partial charge in [0.2, 0.25) is 5.91 Å². The van der Waals surface area contributed by atoms with Gasteiger partial charge in [0.1, 0.15) is 0 Å². The minimum absolute atomic E-state index is 0.299. The van der Waals surface area contributed by atoms with Gasteiger partial charge >= 0.3 is 0 Å². The fourth-order valence-corrected chi connectivity index (χ4v) is 1.78. The van der Waals surface area contributed by atoms with E-state index in [4.69, 9.17) is 5.73 Å². The third-order valence-corrected chi connectivity index (χ3v) is 2.86. The van der Waals surface area contributed by atoms with Crippen LogP contribution in [0.5, 0.6) is 0 Å². The fourth-order valence-electron chi connectivity index (χ4n) is 1.78. The van der Waals surface area contributed by atoms with E-state index in [2.05, 4.69) is 6.92 Å². The molecule has 0 spiro atoms. The van der Waals surface area contributed by atoms with Crippen molar-refractivity contribution in [3.63, 3.8) is 0 Å². The Bertz CT molecular complexity index is 171. The number of carbonyl (C=O) groups excluding carboxylic acids is 1. The van der Waals surface area contributed by atoms with Gasteiger partial charge in [0.25, 0.3) is 0 Å². The third kappa shape index (κ3) is 7.69. The maximum absolute atomic E-state index is 11.8. The molecule has 0 aromatic heterocycles. The van der Waals surface area contributed by atoms with Gasteiger partial charge in [-0.15, -0.1) is 0 Å². The number of rotatable bonds is 10. The first-order chi connectivity index (χ1) is 7.76. The number of amides is 1. The zero-order valence-electron chi connectivity index (χ0n) is 11.0. The Kier molecular flexibility index (Phi) is 10.5. The molecule has 1 amide bonds. The molecule has 0 atom stereocenters. The number of carbonyl (C=O) groups is 1. The Morgan fingerprint density at radius 2 is 1.75 bits per heavy atom. The highest BCUT2D eigenvalue weighted by atomic mass is 16.2. The highest BCUT2D eigenvalue weighted by Crippen LogP contribution is 2.07. The summed E-state index contributed by atoms with van der Waals surface area (Å²) in [5.41, 5.74) is 5.45. The number of nitrogens with two attached hydrogens (primary N) is 1. The first-order valence-electron chi connectivity index (χ1n) is 6.74. The van der Waals surface area contributed by atoms with E-state index in [1.54, 1.807) is 0 Å². The highest BCUT2D eigenvalue weighted by Gasteiger charge is 2.09. The van der Waals surface area contributed by atoms with E-state index < -0.39 is 0 Å². The number of hydrogen-bond acceptors (Lipinski definition) is 2. The molecule has 0 saturated carbocycles. The first-order valence-corrected chi connectivity index (χ1v) is 6.74. The van der Waals surface area contributed by atoms with E-state index in [1.165, 1.54) is 25.7 Å². The molecule has 0 saturated heterocycles. The summed E-state index contributed by atoms with van der Waals surface area (Å²) >= 11 is 0. The van der Waals surface area contributed by atoms with Crippen LogP contribution in [0.1, 0.15) is 58.8 Å². The zero-order valence-corrected chi connectivity index (χ0v) is 11.0. The summed E-state index contributed by atoms with van der Waals surface area (Å²) in [5.74, 6) is 0.299. The summed E-state index contributed by atoms with van der Waals surface area (Å²) in [5, 5.41) is 0. The quantitative estimate of drug-likeness (QED) is 0.584. The molecule has 0 heterocycles. The number of unbranched alkanes of at least 4 members (excludes halogenated alkanes) is 4. The van der Waals surface area contributed by atoms with Gasteiger partial charge in [-0.25, -0.2) is 0 Å². The highest BCUT2D eigenvalue weighted by molar-refractivity contribution is 5.76. The summed E-state index contributed by atoms with van der Waals surface area (Å²) in [7, 11) is 0. The van der Waals surface area contributed by atoms with Crippen LogP contribution in [0, 0.1) is 0 Å². The van der Waals surface area contributed by atoms with Crippen LogP contribution in [-0.2, 0) is 4.79 Å². The monoisotopic (exact) mass is 228 g/mol. The minimum Gasteiger partial charge on any atom is -0.343 e. The minimum atomic E-state index is 0.299. The van der Waals surface area contributed by atoms with E-state index in [-0.39, 0.29) is 0 Å². The van der Waals surface area contributed by atoms with Crippen molar-refractivity contribution in [2.24, 2.45) is 5.73 Å². The molecule has 0 bridgehead atoms. The predicted octanol–water partition coefficient (Wildman–Crippen LogP) is 2.54. The maximum Gasteiger partial charge on any atom is 0.222 e. The van der Waals surface area contributed by atoms with Crippen molar-refractivity contribution in [1.82, 2.24) is 4.90 Å². The molecule has 2 N–H and O–H groups in total. The van der Waals surface area contributed by atoms with E-state index in [0.29, 0.717) is 18.9 Å². The lowest BCUT2D eigenvalue weighted by Crippen LogP contribution is -2.32. The standard InChI is InChI=1S/C13H28N2O/c1-3-5-6-7-8-10-13(16)15(4-2)12-9-11-14/h3-12,14H2,1-2H3. The Morgan fingerprint density at radius 1 is 1.06 bits per heavy atom. The van der Waals surface area contributed by atoms with Crippen molar-refractivity contribution in [2.75, 3.05) is 19.6 Å². The normalized spacial score (nSPS) is 10.4. The molecule has 0 aromatic rings. The molecule has 0 radical (unpaired) electrons. The molecule has 0 fully saturated rings. The molecule has 0 unspecified atom stereocenters. The SMILES string of the molecule is CCCCCCCC(=O)N(CC)CCCN. The molecule has 0 aliphatic heterocycles. The van der Waals surface area contributed by atoms with Gasteiger partial charge in [-0.3, -0.25) is 4.79 Å². The smallest absolute Gasteiger partial charge is 0.222 e. The molecule has 0 rings (SSSR count). The van der Waals surface area contributed by atoms with Crippen molar-refractivity contribution in [3.05, 3.63) is 0 Å². The summed E-state index contributed by atoms with van der Waals surface area (Å²) in [6.45, 7) is 6.54. The molecule has 0 aliphatic rings. The summed E-state index contributed by atoms with van der Waals surface area (Å²) in [6, 6.07) is 0. The molecular weight excluding hydrogens is 200 g/mol. The second-order valence-electron chi connectivity index (χ2n) is 4.28. The molecular formula is C13H28N2O. The van der Waals surface area contributed by atoms with E-state index in [9.17, 15) is 4.79 Å². The second-order valence-corrected chi connectivity index (χ2v) is 4.28. The Hall–Kier alpha value is -0.570. The van der Waals surface area contributed by atoms with Crippen LogP contribution in [0.15, 0.2) is 0 Å². The van der Waals surface area contributed by atoms with E-state index in [1.807, 2.05) is 11.8 Å². The van der Waals surface area contributed by atoms with Crippen LogP contribution in [0.3, 0.4) is 0 Å². The molecule has 0 aliphatic carbocycles. The summed E-state index contributed by atoms with van der Waals surface area (Å²) in [6.07, 6.45) is 7.66. The van der Waals surface area contributed by atoms with Gasteiger partial charge in [0.15, 0.2) is 0 Å². The lowest BCUT2D eigenvalue weighted by Gasteiger charge is -2.20. The second kappa shape index (κ2) is 10.9. The molecule has 3 heteroatoms. The van der Waals surface area contributed by atoms with Crippen molar-refractivity contribution < 1.29 is 4.79 Å². The fraction of sp³-hybridized carbons (Fsp3) is 0.923. The summed E-state index contributed by atoms with van der Waals surface area (Å²) in [4.78, 5) is 13.7. The number of hydrogen-bond donors (Lipinski definition) is 1. The van der Waals surface area contributed by atoms with Crippen molar-refractivity contribution in [2.45, 2.75) is 58.8 Å². The van der Waals surface area contributed by atoms with Crippen LogP contribution in [0.4, 0.5) is 0 Å². The Balaban J connectivity index is 3.58. The molecule has 0 aromatic carbocycles. The van der Waals surface area contributed by atoms with Gasteiger partial charge in [0, 0.05) is 19.5 Å². The molecule has 3 nitrogen and oxygen atoms in total. The van der Waals surface area contributed by atoms with Crippen LogP contribution < -0.4 is 5.73 Å². The Morgan fingerprint density at radius 3 is 2.31 bits per heavy atom. The van der Waals surface area contributed by atoms with Crippen molar-refractivity contribution >= 4 is 5.91 Å². The topological polar surface area (TPSA) is 46.3 Å². The van der Waals surface area contributed by atoms with Crippen molar-refractivity contribution in [3.8, 4) is 0 Å². The van der Waals surface area contributed by atoms with E-state index in [0.717, 1.165) is 25.9 Å². The van der Waals surface area contributed by atoms with Gasteiger partial charge in [0.05, 0.1) is 0 Å². The largest absolute Gasteiger partial charge is 0.343 e. The van der Waals surface area contributed by atoms with Crippen molar-refractivity contribution in [1.29, 1.82) is 0 Å². The third-order valence-electron chi connectivity index (χ3n) is 2.86. The van der Waals surface area contributed by atoms with Gasteiger partial charge in [-0.2, -0.15) is 0 Å². The van der Waals surface area contributed by atoms with Crippen LogP contribution in [0.25, 0.3) is 0 Å². The van der Waals surface area contributed by atoms with E-state index >= 15 is 0 Å². The predicted molar refractivity (Wildman–Crippen MR) is 69.3 cm³/mol.